The lowest BCUT2D eigenvalue weighted by Crippen LogP contribution is -2.20. The Kier molecular flexibility index (Phi) is 5.93. The zero-order chi connectivity index (χ0) is 23.4. The molecule has 1 aliphatic rings. The van der Waals surface area contributed by atoms with Gasteiger partial charge in [0, 0.05) is 11.3 Å². The highest BCUT2D eigenvalue weighted by Gasteiger charge is 2.39. The Bertz CT molecular complexity index is 1160. The van der Waals surface area contributed by atoms with Gasteiger partial charge in [-0.15, -0.1) is 15.7 Å². The zero-order valence-electron chi connectivity index (χ0n) is 17.2. The predicted molar refractivity (Wildman–Crippen MR) is 110 cm³/mol. The average Bonchev–Trinajstić information content (AvgIpc) is 3.23. The summed E-state index contributed by atoms with van der Waals surface area (Å²) in [4.78, 5) is 20.2. The summed E-state index contributed by atoms with van der Waals surface area (Å²) in [6.45, 7) is 5.93. The number of anilines is 1. The molecule has 170 valence electrons. The Morgan fingerprint density at radius 2 is 2.06 bits per heavy atom. The van der Waals surface area contributed by atoms with Crippen molar-refractivity contribution in [2.24, 2.45) is 9.50 Å². The topological polar surface area (TPSA) is 131 Å². The summed E-state index contributed by atoms with van der Waals surface area (Å²) in [6, 6.07) is -1.14. The lowest BCUT2D eigenvalue weighted by molar-refractivity contribution is -0.141. The molecule has 4 N–H and O–H groups in total. The number of nitrogens with zero attached hydrogens (tertiary/aromatic N) is 3. The molecule has 2 heterocycles. The molecule has 0 bridgehead atoms. The van der Waals surface area contributed by atoms with Crippen molar-refractivity contribution in [1.29, 1.82) is 0 Å². The van der Waals surface area contributed by atoms with Gasteiger partial charge in [-0.25, -0.2) is 24.1 Å². The van der Waals surface area contributed by atoms with Crippen molar-refractivity contribution in [1.82, 2.24) is 9.97 Å². The van der Waals surface area contributed by atoms with E-state index >= 15 is 0 Å². The minimum Gasteiger partial charge on any atom is -0.383 e. The molecule has 2 aromatic heterocycles. The number of halogens is 3. The molecule has 0 spiro atoms. The van der Waals surface area contributed by atoms with Gasteiger partial charge in [0.25, 0.3) is 0 Å². The van der Waals surface area contributed by atoms with Gasteiger partial charge in [0.15, 0.2) is 9.92 Å². The van der Waals surface area contributed by atoms with E-state index in [1.165, 1.54) is 20.8 Å². The summed E-state index contributed by atoms with van der Waals surface area (Å²) < 4.78 is 56.6. The quantitative estimate of drug-likeness (QED) is 0.613. The lowest BCUT2D eigenvalue weighted by atomic mass is 10.0. The van der Waals surface area contributed by atoms with E-state index in [1.54, 1.807) is 6.92 Å². The summed E-state index contributed by atoms with van der Waals surface area (Å²) in [5, 5.41) is 18.3. The Morgan fingerprint density at radius 1 is 1.42 bits per heavy atom. The first kappa shape index (κ1) is 23.6. The maximum Gasteiger partial charge on any atom is 0.433 e. The van der Waals surface area contributed by atoms with Gasteiger partial charge in [-0.05, 0) is 45.1 Å². The third-order valence-electron chi connectivity index (χ3n) is 4.88. The van der Waals surface area contributed by atoms with Crippen molar-refractivity contribution >= 4 is 33.0 Å². The second kappa shape index (κ2) is 7.80. The molecule has 0 saturated carbocycles. The van der Waals surface area contributed by atoms with Crippen LogP contribution in [0.3, 0.4) is 0 Å². The number of amides is 2. The number of carbonyl (C=O) groups is 1. The maximum atomic E-state index is 13.5. The number of aromatic nitrogens is 2. The van der Waals surface area contributed by atoms with Crippen LogP contribution in [0.15, 0.2) is 14.8 Å². The number of thiazole rings is 1. The smallest absolute Gasteiger partial charge is 0.383 e. The molecule has 1 aliphatic carbocycles. The summed E-state index contributed by atoms with van der Waals surface area (Å²) >= 11 is 0.830. The van der Waals surface area contributed by atoms with Crippen LogP contribution in [-0.2, 0) is 28.1 Å². The van der Waals surface area contributed by atoms with Gasteiger partial charge in [0.1, 0.15) is 20.5 Å². The first-order valence-corrected chi connectivity index (χ1v) is 11.7. The minimum atomic E-state index is -4.70. The number of rotatable bonds is 3. The lowest BCUT2D eigenvalue weighted by Gasteiger charge is -2.18. The van der Waals surface area contributed by atoms with Gasteiger partial charge in [0.05, 0.1) is 11.9 Å². The van der Waals surface area contributed by atoms with Crippen LogP contribution in [-0.4, -0.2) is 25.3 Å². The van der Waals surface area contributed by atoms with Gasteiger partial charge in [-0.1, -0.05) is 6.92 Å². The largest absolute Gasteiger partial charge is 0.433 e. The normalized spacial score (nSPS) is 18.4. The highest BCUT2D eigenvalue weighted by Crippen LogP contribution is 2.42. The number of carbonyl (C=O) groups excluding carboxylic acids is 1. The van der Waals surface area contributed by atoms with Crippen molar-refractivity contribution in [3.05, 3.63) is 33.7 Å². The number of pyridine rings is 1. The molecule has 0 saturated heterocycles. The molecule has 13 heteroatoms. The Hall–Kier alpha value is -2.09. The molecule has 0 aliphatic heterocycles. The van der Waals surface area contributed by atoms with E-state index in [1.807, 2.05) is 0 Å². The molecule has 3 rings (SSSR count). The number of aliphatic hydroxyl groups is 1. The fourth-order valence-corrected chi connectivity index (χ4v) is 5.39. The van der Waals surface area contributed by atoms with Gasteiger partial charge >= 0.3 is 12.2 Å². The molecule has 31 heavy (non-hydrogen) atoms. The summed E-state index contributed by atoms with van der Waals surface area (Å²) in [5.74, 6) is -0.194. The van der Waals surface area contributed by atoms with Crippen molar-refractivity contribution in [3.8, 4) is 0 Å². The van der Waals surface area contributed by atoms with Crippen LogP contribution in [0.2, 0.25) is 0 Å². The average molecular weight is 478 g/mol. The van der Waals surface area contributed by atoms with E-state index < -0.39 is 33.4 Å². The maximum absolute atomic E-state index is 13.5. The number of hydrogen-bond donors (Lipinski definition) is 3. The van der Waals surface area contributed by atoms with E-state index in [9.17, 15) is 27.3 Å². The molecule has 0 fully saturated rings. The number of nitrogens with two attached hydrogens (primary N) is 1. The second-order valence-corrected chi connectivity index (χ2v) is 10.9. The van der Waals surface area contributed by atoms with Gasteiger partial charge < -0.3 is 10.4 Å². The fourth-order valence-electron chi connectivity index (χ4n) is 3.32. The molecule has 0 aromatic carbocycles. The third kappa shape index (κ3) is 4.73. The van der Waals surface area contributed by atoms with Crippen molar-refractivity contribution in [2.75, 3.05) is 5.32 Å². The van der Waals surface area contributed by atoms with Crippen molar-refractivity contribution in [3.63, 3.8) is 0 Å². The van der Waals surface area contributed by atoms with E-state index in [0.29, 0.717) is 18.4 Å². The van der Waals surface area contributed by atoms with Crippen molar-refractivity contribution in [2.45, 2.75) is 62.4 Å². The third-order valence-corrected chi connectivity index (χ3v) is 8.07. The summed E-state index contributed by atoms with van der Waals surface area (Å²) in [6.07, 6.45) is -2.51. The molecule has 0 radical (unpaired) electrons. The Morgan fingerprint density at radius 3 is 2.61 bits per heavy atom. The monoisotopic (exact) mass is 477 g/mol. The molecule has 2 atom stereocenters. The highest BCUT2D eigenvalue weighted by molar-refractivity contribution is 7.93. The van der Waals surface area contributed by atoms with Gasteiger partial charge in [0.2, 0.25) is 0 Å². The number of nitrogens with one attached hydrogen (secondary N) is 1. The molecule has 1 unspecified atom stereocenters. The van der Waals surface area contributed by atoms with Crippen molar-refractivity contribution < 1.29 is 27.3 Å². The number of fused-ring (bicyclic) bond motifs is 1. The number of urea groups is 1. The van der Waals surface area contributed by atoms with E-state index in [4.69, 9.17) is 5.14 Å². The fraction of sp³-hybridized carbons (Fsp3) is 0.500. The second-order valence-electron chi connectivity index (χ2n) is 7.90. The molecule has 2 aromatic rings. The first-order valence-electron chi connectivity index (χ1n) is 9.26. The van der Waals surface area contributed by atoms with Crippen LogP contribution in [0.25, 0.3) is 0 Å². The Balaban J connectivity index is 2.00. The standard InChI is InChI=1S/C18H22F3N5O3S2/c1-8-5-6-10-12(8)24-14(18(19,20)21)9(2)13(10)25-16(27)26-31(22,29)11-7-23-15(30-11)17(3,4)28/h7-8,28H,5-6H2,1-4H3,(H3,22,24,25,26,27,29)/t8-,31?/m0/s1. The van der Waals surface area contributed by atoms with Gasteiger partial charge in [-0.2, -0.15) is 13.2 Å². The van der Waals surface area contributed by atoms with E-state index in [-0.39, 0.29) is 32.1 Å². The zero-order valence-corrected chi connectivity index (χ0v) is 18.8. The molecule has 8 nitrogen and oxygen atoms in total. The van der Waals surface area contributed by atoms with E-state index in [2.05, 4.69) is 19.6 Å². The number of alkyl halides is 3. The van der Waals surface area contributed by atoms with Crippen LogP contribution < -0.4 is 10.5 Å². The number of hydrogen-bond acceptors (Lipinski definition) is 6. The molecular formula is C18H22F3N5O3S2. The minimum absolute atomic E-state index is 0.0351. The van der Waals surface area contributed by atoms with Gasteiger partial charge in [-0.3, -0.25) is 0 Å². The Labute approximate surface area is 181 Å². The van der Waals surface area contributed by atoms with Crippen LogP contribution in [0.4, 0.5) is 23.7 Å². The van der Waals surface area contributed by atoms with Crippen LogP contribution in [0, 0.1) is 6.92 Å². The van der Waals surface area contributed by atoms with Crippen LogP contribution in [0.1, 0.15) is 60.6 Å². The van der Waals surface area contributed by atoms with Crippen LogP contribution >= 0.6 is 11.3 Å². The predicted octanol–water partition coefficient (Wildman–Crippen LogP) is 4.08. The summed E-state index contributed by atoms with van der Waals surface area (Å²) in [5.41, 5.74) is -1.88. The van der Waals surface area contributed by atoms with Crippen LogP contribution in [0.5, 0.6) is 0 Å². The first-order chi connectivity index (χ1) is 14.1. The SMILES string of the molecule is Cc1c(C(F)(F)F)nc2c(c1NC(=O)N=S(N)(=O)c1cnc(C(C)(C)O)s1)CC[C@@H]2C. The molecule has 2 amide bonds. The van der Waals surface area contributed by atoms with E-state index in [0.717, 1.165) is 17.5 Å². The highest BCUT2D eigenvalue weighted by atomic mass is 32.2. The summed E-state index contributed by atoms with van der Waals surface area (Å²) in [7, 11) is -3.73. The molecular weight excluding hydrogens is 455 g/mol.